The zero-order valence-corrected chi connectivity index (χ0v) is 13.7. The third-order valence-corrected chi connectivity index (χ3v) is 5.52. The van der Waals surface area contributed by atoms with E-state index in [4.69, 9.17) is 22.1 Å². The quantitative estimate of drug-likeness (QED) is 0.906. The van der Waals surface area contributed by atoms with Gasteiger partial charge >= 0.3 is 0 Å². The molecule has 0 bridgehead atoms. The molecular formula is C15H23ClN2OS. The molecule has 20 heavy (non-hydrogen) atoms. The number of methoxy groups -OCH3 is 1. The van der Waals surface area contributed by atoms with Gasteiger partial charge in [0, 0.05) is 36.7 Å². The molecule has 0 aromatic heterocycles. The van der Waals surface area contributed by atoms with Gasteiger partial charge in [0.1, 0.15) is 5.75 Å². The maximum Gasteiger partial charge on any atom is 0.137 e. The Bertz CT molecular complexity index is 444. The van der Waals surface area contributed by atoms with Gasteiger partial charge < -0.3 is 10.5 Å². The predicted octanol–water partition coefficient (Wildman–Crippen LogP) is 3.18. The van der Waals surface area contributed by atoms with Crippen LogP contribution in [0.25, 0.3) is 0 Å². The maximum absolute atomic E-state index is 6.24. The second-order valence-corrected chi connectivity index (χ2v) is 6.86. The first-order valence-corrected chi connectivity index (χ1v) is 8.51. The number of nitrogens with two attached hydrogens (primary N) is 1. The van der Waals surface area contributed by atoms with Gasteiger partial charge in [0.05, 0.1) is 12.1 Å². The monoisotopic (exact) mass is 314 g/mol. The molecule has 1 aromatic carbocycles. The summed E-state index contributed by atoms with van der Waals surface area (Å²) in [5, 5.41) is 1.37. The lowest BCUT2D eigenvalue weighted by Crippen LogP contribution is -2.42. The molecule has 0 aliphatic carbocycles. The smallest absolute Gasteiger partial charge is 0.137 e. The molecule has 1 aliphatic heterocycles. The Morgan fingerprint density at radius 2 is 2.35 bits per heavy atom. The SMILES string of the molecule is CCC1CN(C(CN)c2ccc(OC)c(Cl)c2)CCS1. The molecule has 0 radical (unpaired) electrons. The zero-order valence-electron chi connectivity index (χ0n) is 12.1. The fourth-order valence-electron chi connectivity index (χ4n) is 2.66. The molecule has 1 fully saturated rings. The Balaban J connectivity index is 2.16. The molecule has 112 valence electrons. The fourth-order valence-corrected chi connectivity index (χ4v) is 4.13. The lowest BCUT2D eigenvalue weighted by molar-refractivity contribution is 0.207. The summed E-state index contributed by atoms with van der Waals surface area (Å²) >= 11 is 8.31. The number of rotatable bonds is 5. The van der Waals surface area contributed by atoms with Gasteiger partial charge in [-0.15, -0.1) is 0 Å². The topological polar surface area (TPSA) is 38.5 Å². The van der Waals surface area contributed by atoms with Crippen molar-refractivity contribution in [3.63, 3.8) is 0 Å². The highest BCUT2D eigenvalue weighted by Crippen LogP contribution is 2.32. The van der Waals surface area contributed by atoms with Crippen LogP contribution in [0.2, 0.25) is 5.02 Å². The molecule has 0 saturated carbocycles. The van der Waals surface area contributed by atoms with E-state index in [0.29, 0.717) is 22.6 Å². The Morgan fingerprint density at radius 3 is 2.95 bits per heavy atom. The molecule has 1 saturated heterocycles. The predicted molar refractivity (Wildman–Crippen MR) is 87.9 cm³/mol. The summed E-state index contributed by atoms with van der Waals surface area (Å²) in [5.41, 5.74) is 7.20. The fraction of sp³-hybridized carbons (Fsp3) is 0.600. The van der Waals surface area contributed by atoms with E-state index in [2.05, 4.69) is 29.7 Å². The average molecular weight is 315 g/mol. The van der Waals surface area contributed by atoms with Crippen LogP contribution >= 0.6 is 23.4 Å². The van der Waals surface area contributed by atoms with Gasteiger partial charge in [-0.25, -0.2) is 0 Å². The summed E-state index contributed by atoms with van der Waals surface area (Å²) in [6, 6.07) is 6.23. The molecule has 1 heterocycles. The van der Waals surface area contributed by atoms with Crippen LogP contribution < -0.4 is 10.5 Å². The van der Waals surface area contributed by atoms with E-state index >= 15 is 0 Å². The average Bonchev–Trinajstić information content (AvgIpc) is 2.48. The number of thioether (sulfide) groups is 1. The largest absolute Gasteiger partial charge is 0.495 e. The van der Waals surface area contributed by atoms with Crippen molar-refractivity contribution in [2.75, 3.05) is 32.5 Å². The van der Waals surface area contributed by atoms with Crippen LogP contribution in [-0.2, 0) is 0 Å². The third kappa shape index (κ3) is 3.61. The summed E-state index contributed by atoms with van der Waals surface area (Å²) in [4.78, 5) is 2.49. The summed E-state index contributed by atoms with van der Waals surface area (Å²) in [7, 11) is 1.63. The van der Waals surface area contributed by atoms with Crippen molar-refractivity contribution < 1.29 is 4.74 Å². The Kier molecular flexibility index (Phi) is 6.02. The first kappa shape index (κ1) is 16.0. The molecule has 0 amide bonds. The van der Waals surface area contributed by atoms with Gasteiger partial charge in [-0.1, -0.05) is 24.6 Å². The van der Waals surface area contributed by atoms with E-state index in [1.807, 2.05) is 12.1 Å². The van der Waals surface area contributed by atoms with Crippen molar-refractivity contribution in [3.05, 3.63) is 28.8 Å². The third-order valence-electron chi connectivity index (χ3n) is 3.85. The Hall–Kier alpha value is -0.420. The number of nitrogens with zero attached hydrogens (tertiary/aromatic N) is 1. The number of hydrogen-bond donors (Lipinski definition) is 1. The van der Waals surface area contributed by atoms with E-state index in [-0.39, 0.29) is 6.04 Å². The second kappa shape index (κ2) is 7.55. The van der Waals surface area contributed by atoms with Crippen molar-refractivity contribution in [1.82, 2.24) is 4.90 Å². The molecule has 5 heteroatoms. The lowest BCUT2D eigenvalue weighted by Gasteiger charge is -2.37. The first-order valence-electron chi connectivity index (χ1n) is 7.08. The van der Waals surface area contributed by atoms with Crippen molar-refractivity contribution in [3.8, 4) is 5.75 Å². The zero-order chi connectivity index (χ0) is 14.5. The van der Waals surface area contributed by atoms with Gasteiger partial charge in [-0.3, -0.25) is 4.90 Å². The minimum atomic E-state index is 0.244. The van der Waals surface area contributed by atoms with Crippen molar-refractivity contribution >= 4 is 23.4 Å². The van der Waals surface area contributed by atoms with Crippen molar-refractivity contribution in [1.29, 1.82) is 0 Å². The summed E-state index contributed by atoms with van der Waals surface area (Å²) in [5.74, 6) is 1.89. The molecule has 1 aromatic rings. The van der Waals surface area contributed by atoms with Crippen LogP contribution in [-0.4, -0.2) is 42.6 Å². The molecular weight excluding hydrogens is 292 g/mol. The van der Waals surface area contributed by atoms with Gasteiger partial charge in [0.2, 0.25) is 0 Å². The van der Waals surface area contributed by atoms with Gasteiger partial charge in [-0.2, -0.15) is 11.8 Å². The summed E-state index contributed by atoms with van der Waals surface area (Å²) in [6.45, 7) is 5.06. The van der Waals surface area contributed by atoms with Crippen LogP contribution in [0.3, 0.4) is 0 Å². The van der Waals surface area contributed by atoms with Crippen LogP contribution in [0.5, 0.6) is 5.75 Å². The van der Waals surface area contributed by atoms with E-state index in [9.17, 15) is 0 Å². The first-order chi connectivity index (χ1) is 9.69. The minimum Gasteiger partial charge on any atom is -0.495 e. The number of ether oxygens (including phenoxy) is 1. The molecule has 2 atom stereocenters. The van der Waals surface area contributed by atoms with Crippen molar-refractivity contribution in [2.45, 2.75) is 24.6 Å². The van der Waals surface area contributed by atoms with E-state index in [1.165, 1.54) is 17.7 Å². The highest BCUT2D eigenvalue weighted by molar-refractivity contribution is 8.00. The van der Waals surface area contributed by atoms with Crippen molar-refractivity contribution in [2.24, 2.45) is 5.73 Å². The normalized spacial score (nSPS) is 21.7. The van der Waals surface area contributed by atoms with E-state index in [0.717, 1.165) is 13.1 Å². The number of hydrogen-bond acceptors (Lipinski definition) is 4. The van der Waals surface area contributed by atoms with E-state index < -0.39 is 0 Å². The minimum absolute atomic E-state index is 0.244. The summed E-state index contributed by atoms with van der Waals surface area (Å²) < 4.78 is 5.21. The van der Waals surface area contributed by atoms with Gasteiger partial charge in [0.25, 0.3) is 0 Å². The number of benzene rings is 1. The highest BCUT2D eigenvalue weighted by Gasteiger charge is 2.26. The molecule has 3 nitrogen and oxygen atoms in total. The van der Waals surface area contributed by atoms with Crippen LogP contribution in [0.15, 0.2) is 18.2 Å². The lowest BCUT2D eigenvalue weighted by atomic mass is 10.0. The molecule has 2 rings (SSSR count). The highest BCUT2D eigenvalue weighted by atomic mass is 35.5. The van der Waals surface area contributed by atoms with Gasteiger partial charge in [-0.05, 0) is 24.1 Å². The van der Waals surface area contributed by atoms with Gasteiger partial charge in [0.15, 0.2) is 0 Å². The maximum atomic E-state index is 6.24. The Labute approximate surface area is 130 Å². The van der Waals surface area contributed by atoms with Crippen LogP contribution in [0.4, 0.5) is 0 Å². The summed E-state index contributed by atoms with van der Waals surface area (Å²) in [6.07, 6.45) is 1.21. The molecule has 2 N–H and O–H groups in total. The molecule has 1 aliphatic rings. The number of halogens is 1. The van der Waals surface area contributed by atoms with Crippen LogP contribution in [0.1, 0.15) is 24.9 Å². The van der Waals surface area contributed by atoms with E-state index in [1.54, 1.807) is 7.11 Å². The molecule has 2 unspecified atom stereocenters. The second-order valence-electron chi connectivity index (χ2n) is 5.04. The molecule has 0 spiro atoms. The Morgan fingerprint density at radius 1 is 1.55 bits per heavy atom. The standard InChI is InChI=1S/C15H23ClN2OS/c1-3-12-10-18(6-7-20-12)14(9-17)11-4-5-15(19-2)13(16)8-11/h4-5,8,12,14H,3,6-7,9-10,17H2,1-2H3. The van der Waals surface area contributed by atoms with Crippen LogP contribution in [0, 0.1) is 0 Å².